The molecule has 3 heterocycles. The number of nitrogens with zero attached hydrogens (tertiary/aromatic N) is 5. The first-order valence-electron chi connectivity index (χ1n) is 14.1. The normalized spacial score (nSPS) is 13.2. The first kappa shape index (κ1) is 27.5. The number of aromatic nitrogens is 5. The van der Waals surface area contributed by atoms with Crippen molar-refractivity contribution >= 4 is 10.9 Å². The number of hydrogen-bond acceptors (Lipinski definition) is 8. The lowest BCUT2D eigenvalue weighted by molar-refractivity contribution is 0.161. The van der Waals surface area contributed by atoms with E-state index in [2.05, 4.69) is 45.3 Å². The standard InChI is InChI=1S/C32H34N6O4/c1-5-28(31-34-35-36-38(31)17-22-6-9-25(40-4)10-7-22)37(16-23-8-11-29-30(14-23)42-19-41-29)18-24-15-26-21(3)12-20(2)13-27(26)33-32(24)39/h6-15,28H,5,16-19H2,1-4H3,(H,33,39). The third-order valence-corrected chi connectivity index (χ3v) is 7.76. The Bertz CT molecular complexity index is 1780. The number of ether oxygens (including phenoxy) is 3. The summed E-state index contributed by atoms with van der Waals surface area (Å²) >= 11 is 0. The molecule has 0 bridgehead atoms. The zero-order chi connectivity index (χ0) is 29.2. The van der Waals surface area contributed by atoms with Gasteiger partial charge in [-0.3, -0.25) is 9.69 Å². The molecule has 1 unspecified atom stereocenters. The molecule has 0 spiro atoms. The zero-order valence-corrected chi connectivity index (χ0v) is 24.3. The van der Waals surface area contributed by atoms with Gasteiger partial charge in [-0.15, -0.1) is 5.10 Å². The van der Waals surface area contributed by atoms with Crippen molar-refractivity contribution in [3.8, 4) is 17.2 Å². The lowest BCUT2D eigenvalue weighted by atomic mass is 10.0. The third kappa shape index (κ3) is 5.58. The Balaban J connectivity index is 1.37. The number of pyridine rings is 1. The highest BCUT2D eigenvalue weighted by atomic mass is 16.7. The van der Waals surface area contributed by atoms with Gasteiger partial charge in [-0.1, -0.05) is 31.2 Å². The zero-order valence-electron chi connectivity index (χ0n) is 24.3. The summed E-state index contributed by atoms with van der Waals surface area (Å²) in [6.45, 7) is 7.90. The van der Waals surface area contributed by atoms with Crippen molar-refractivity contribution in [1.82, 2.24) is 30.1 Å². The van der Waals surface area contributed by atoms with E-state index in [0.717, 1.165) is 62.7 Å². The van der Waals surface area contributed by atoms with E-state index < -0.39 is 0 Å². The summed E-state index contributed by atoms with van der Waals surface area (Å²) in [6.07, 6.45) is 0.733. The molecule has 0 saturated heterocycles. The van der Waals surface area contributed by atoms with E-state index in [-0.39, 0.29) is 18.4 Å². The van der Waals surface area contributed by atoms with Gasteiger partial charge in [-0.2, -0.15) is 0 Å². The van der Waals surface area contributed by atoms with E-state index in [4.69, 9.17) is 14.2 Å². The first-order chi connectivity index (χ1) is 20.4. The molecule has 1 N–H and O–H groups in total. The fourth-order valence-electron chi connectivity index (χ4n) is 5.67. The van der Waals surface area contributed by atoms with Crippen molar-refractivity contribution in [3.05, 3.63) is 105 Å². The van der Waals surface area contributed by atoms with Gasteiger partial charge in [-0.25, -0.2) is 4.68 Å². The number of H-pyrrole nitrogens is 1. The average Bonchev–Trinajstić information content (AvgIpc) is 3.64. The van der Waals surface area contributed by atoms with E-state index >= 15 is 0 Å². The topological polar surface area (TPSA) is 107 Å². The van der Waals surface area contributed by atoms with Crippen LogP contribution < -0.4 is 19.8 Å². The molecule has 3 aromatic carbocycles. The molecule has 0 saturated carbocycles. The third-order valence-electron chi connectivity index (χ3n) is 7.76. The lowest BCUT2D eigenvalue weighted by Gasteiger charge is -2.30. The minimum Gasteiger partial charge on any atom is -0.497 e. The van der Waals surface area contributed by atoms with Gasteiger partial charge < -0.3 is 19.2 Å². The Kier molecular flexibility index (Phi) is 7.62. The summed E-state index contributed by atoms with van der Waals surface area (Å²) in [5.74, 6) is 2.98. The molecular formula is C32H34N6O4. The van der Waals surface area contributed by atoms with Crippen molar-refractivity contribution < 1.29 is 14.2 Å². The van der Waals surface area contributed by atoms with E-state index in [1.165, 1.54) is 0 Å². The van der Waals surface area contributed by atoms with Gasteiger partial charge in [0.2, 0.25) is 6.79 Å². The monoisotopic (exact) mass is 566 g/mol. The molecule has 42 heavy (non-hydrogen) atoms. The highest BCUT2D eigenvalue weighted by Crippen LogP contribution is 2.34. The van der Waals surface area contributed by atoms with E-state index in [1.807, 2.05) is 66.2 Å². The fraction of sp³-hybridized carbons (Fsp3) is 0.312. The summed E-state index contributed by atoms with van der Waals surface area (Å²) in [6, 6.07) is 19.8. The molecule has 1 aliphatic rings. The molecule has 1 atom stereocenters. The van der Waals surface area contributed by atoms with Crippen molar-refractivity contribution in [2.24, 2.45) is 0 Å². The Labute approximate surface area is 243 Å². The second-order valence-electron chi connectivity index (χ2n) is 10.7. The maximum absolute atomic E-state index is 13.4. The molecule has 0 radical (unpaired) electrons. The van der Waals surface area contributed by atoms with Crippen LogP contribution >= 0.6 is 0 Å². The molecule has 6 rings (SSSR count). The fourth-order valence-corrected chi connectivity index (χ4v) is 5.67. The van der Waals surface area contributed by atoms with Gasteiger partial charge in [0.25, 0.3) is 5.56 Å². The number of tetrazole rings is 1. The molecule has 0 fully saturated rings. The van der Waals surface area contributed by atoms with Crippen LogP contribution in [0.3, 0.4) is 0 Å². The second-order valence-corrected chi connectivity index (χ2v) is 10.7. The summed E-state index contributed by atoms with van der Waals surface area (Å²) in [5, 5.41) is 13.9. The van der Waals surface area contributed by atoms with Gasteiger partial charge >= 0.3 is 0 Å². The molecule has 216 valence electrons. The van der Waals surface area contributed by atoms with Crippen LogP contribution in [-0.4, -0.2) is 44.0 Å². The highest BCUT2D eigenvalue weighted by molar-refractivity contribution is 5.83. The van der Waals surface area contributed by atoms with Crippen LogP contribution in [0.25, 0.3) is 10.9 Å². The smallest absolute Gasteiger partial charge is 0.252 e. The molecule has 0 amide bonds. The summed E-state index contributed by atoms with van der Waals surface area (Å²) < 4.78 is 18.3. The maximum Gasteiger partial charge on any atom is 0.252 e. The maximum atomic E-state index is 13.4. The number of fused-ring (bicyclic) bond motifs is 2. The molecule has 1 aliphatic heterocycles. The van der Waals surface area contributed by atoms with Crippen LogP contribution in [0, 0.1) is 13.8 Å². The SMILES string of the molecule is CCC(c1nnnn1Cc1ccc(OC)cc1)N(Cc1ccc2c(c1)OCO2)Cc1cc2c(C)cc(C)cc2[nH]c1=O. The number of methoxy groups -OCH3 is 1. The molecule has 2 aromatic heterocycles. The minimum absolute atomic E-state index is 0.101. The van der Waals surface area contributed by atoms with Crippen molar-refractivity contribution in [2.75, 3.05) is 13.9 Å². The molecule has 5 aromatic rings. The van der Waals surface area contributed by atoms with Crippen molar-refractivity contribution in [2.45, 2.75) is 52.9 Å². The van der Waals surface area contributed by atoms with Gasteiger partial charge in [0.15, 0.2) is 17.3 Å². The van der Waals surface area contributed by atoms with Crippen LogP contribution in [0.5, 0.6) is 17.2 Å². The van der Waals surface area contributed by atoms with Crippen molar-refractivity contribution in [3.63, 3.8) is 0 Å². The van der Waals surface area contributed by atoms with Gasteiger partial charge in [0.05, 0.1) is 19.7 Å². The van der Waals surface area contributed by atoms with E-state index in [1.54, 1.807) is 7.11 Å². The highest BCUT2D eigenvalue weighted by Gasteiger charge is 2.27. The van der Waals surface area contributed by atoms with Crippen LogP contribution in [0.4, 0.5) is 0 Å². The predicted octanol–water partition coefficient (Wildman–Crippen LogP) is 5.07. The Morgan fingerprint density at radius 1 is 1.00 bits per heavy atom. The predicted molar refractivity (Wildman–Crippen MR) is 159 cm³/mol. The summed E-state index contributed by atoms with van der Waals surface area (Å²) in [4.78, 5) is 18.8. The Hall–Kier alpha value is -4.70. The van der Waals surface area contributed by atoms with Crippen LogP contribution in [0.1, 0.15) is 53.0 Å². The number of hydrogen-bond donors (Lipinski definition) is 1. The Morgan fingerprint density at radius 3 is 2.57 bits per heavy atom. The Morgan fingerprint density at radius 2 is 1.79 bits per heavy atom. The quantitative estimate of drug-likeness (QED) is 0.250. The minimum atomic E-state index is -0.169. The molecular weight excluding hydrogens is 532 g/mol. The average molecular weight is 567 g/mol. The van der Waals surface area contributed by atoms with Gasteiger partial charge in [0, 0.05) is 29.6 Å². The number of benzene rings is 3. The summed E-state index contributed by atoms with van der Waals surface area (Å²) in [5.41, 5.74) is 5.76. The van der Waals surface area contributed by atoms with Gasteiger partial charge in [-0.05, 0) is 89.3 Å². The number of nitrogens with one attached hydrogen (secondary N) is 1. The first-order valence-corrected chi connectivity index (χ1v) is 14.1. The van der Waals surface area contributed by atoms with Crippen molar-refractivity contribution in [1.29, 1.82) is 0 Å². The molecule has 10 heteroatoms. The largest absolute Gasteiger partial charge is 0.497 e. The number of aryl methyl sites for hydroxylation is 2. The van der Waals surface area contributed by atoms with Crippen LogP contribution in [0.15, 0.2) is 65.5 Å². The summed E-state index contributed by atoms with van der Waals surface area (Å²) in [7, 11) is 1.65. The van der Waals surface area contributed by atoms with E-state index in [9.17, 15) is 4.79 Å². The second kappa shape index (κ2) is 11.7. The van der Waals surface area contributed by atoms with Crippen LogP contribution in [0.2, 0.25) is 0 Å². The molecule has 0 aliphatic carbocycles. The van der Waals surface area contributed by atoms with Crippen LogP contribution in [-0.2, 0) is 19.6 Å². The van der Waals surface area contributed by atoms with Gasteiger partial charge in [0.1, 0.15) is 5.75 Å². The molecule has 10 nitrogen and oxygen atoms in total. The number of aromatic amines is 1. The number of rotatable bonds is 10. The lowest BCUT2D eigenvalue weighted by Crippen LogP contribution is -2.32. The van der Waals surface area contributed by atoms with E-state index in [0.29, 0.717) is 25.2 Å².